The van der Waals surface area contributed by atoms with Crippen LogP contribution in [0.2, 0.25) is 15.1 Å². The Morgan fingerprint density at radius 3 is 2.12 bits per heavy atom. The maximum Gasteiger partial charge on any atom is 0.244 e. The van der Waals surface area contributed by atoms with Gasteiger partial charge in [0.1, 0.15) is 18.4 Å². The highest BCUT2D eigenvalue weighted by atomic mass is 35.5. The number of halogens is 4. The van der Waals surface area contributed by atoms with Crippen LogP contribution in [0.4, 0.5) is 10.1 Å². The third-order valence-corrected chi connectivity index (χ3v) is 8.09. The number of benzene rings is 3. The van der Waals surface area contributed by atoms with Crippen molar-refractivity contribution in [3.63, 3.8) is 0 Å². The van der Waals surface area contributed by atoms with Gasteiger partial charge in [0.2, 0.25) is 21.8 Å². The van der Waals surface area contributed by atoms with Gasteiger partial charge in [-0.1, -0.05) is 83.3 Å². The largest absolute Gasteiger partial charge is 0.352 e. The molecule has 0 aliphatic rings. The van der Waals surface area contributed by atoms with E-state index in [9.17, 15) is 22.4 Å². The monoisotopic (exact) mass is 627 g/mol. The molecule has 7 nitrogen and oxygen atoms in total. The van der Waals surface area contributed by atoms with E-state index in [2.05, 4.69) is 5.32 Å². The molecule has 12 heteroatoms. The second-order valence-electron chi connectivity index (χ2n) is 9.47. The molecule has 214 valence electrons. The van der Waals surface area contributed by atoms with Crippen LogP contribution in [-0.4, -0.2) is 50.0 Å². The zero-order valence-electron chi connectivity index (χ0n) is 22.1. The van der Waals surface area contributed by atoms with Gasteiger partial charge in [0.15, 0.2) is 0 Å². The Balaban J connectivity index is 2.11. The van der Waals surface area contributed by atoms with Gasteiger partial charge < -0.3 is 10.2 Å². The number of nitrogens with zero attached hydrogens (tertiary/aromatic N) is 2. The van der Waals surface area contributed by atoms with Gasteiger partial charge in [-0.2, -0.15) is 0 Å². The topological polar surface area (TPSA) is 86.8 Å². The predicted octanol–water partition coefficient (Wildman–Crippen LogP) is 5.72. The summed E-state index contributed by atoms with van der Waals surface area (Å²) in [4.78, 5) is 28.7. The number of sulfonamides is 1. The lowest BCUT2D eigenvalue weighted by Crippen LogP contribution is -2.54. The predicted molar refractivity (Wildman–Crippen MR) is 158 cm³/mol. The lowest BCUT2D eigenvalue weighted by molar-refractivity contribution is -0.140. The first-order valence-corrected chi connectivity index (χ1v) is 15.3. The van der Waals surface area contributed by atoms with Crippen molar-refractivity contribution < 1.29 is 22.4 Å². The zero-order valence-corrected chi connectivity index (χ0v) is 25.2. The van der Waals surface area contributed by atoms with Crippen LogP contribution in [0, 0.1) is 5.82 Å². The van der Waals surface area contributed by atoms with Gasteiger partial charge in [-0.05, 0) is 37.6 Å². The molecule has 0 radical (unpaired) electrons. The molecule has 0 aromatic heterocycles. The second kappa shape index (κ2) is 13.7. The number of hydrogen-bond acceptors (Lipinski definition) is 4. The van der Waals surface area contributed by atoms with E-state index < -0.39 is 40.2 Å². The van der Waals surface area contributed by atoms with Crippen molar-refractivity contribution in [2.75, 3.05) is 17.1 Å². The lowest BCUT2D eigenvalue weighted by Gasteiger charge is -2.34. The Labute approximate surface area is 248 Å². The maximum atomic E-state index is 14.8. The number of rotatable bonds is 11. The van der Waals surface area contributed by atoms with Crippen LogP contribution in [0.25, 0.3) is 0 Å². The summed E-state index contributed by atoms with van der Waals surface area (Å²) in [6, 6.07) is 16.1. The van der Waals surface area contributed by atoms with Crippen molar-refractivity contribution >= 4 is 62.3 Å². The Morgan fingerprint density at radius 2 is 1.52 bits per heavy atom. The van der Waals surface area contributed by atoms with E-state index >= 15 is 0 Å². The van der Waals surface area contributed by atoms with E-state index in [4.69, 9.17) is 34.8 Å². The van der Waals surface area contributed by atoms with Crippen LogP contribution >= 0.6 is 34.8 Å². The molecule has 0 unspecified atom stereocenters. The van der Waals surface area contributed by atoms with Gasteiger partial charge >= 0.3 is 0 Å². The van der Waals surface area contributed by atoms with E-state index in [-0.39, 0.29) is 45.3 Å². The molecule has 1 atom stereocenters. The molecule has 40 heavy (non-hydrogen) atoms. The first kappa shape index (κ1) is 31.7. The highest BCUT2D eigenvalue weighted by Gasteiger charge is 2.34. The van der Waals surface area contributed by atoms with E-state index in [1.54, 1.807) is 44.2 Å². The van der Waals surface area contributed by atoms with E-state index in [1.165, 1.54) is 35.2 Å². The van der Waals surface area contributed by atoms with Crippen LogP contribution in [-0.2, 0) is 32.6 Å². The molecule has 3 aromatic carbocycles. The van der Waals surface area contributed by atoms with Gasteiger partial charge in [-0.25, -0.2) is 12.8 Å². The Morgan fingerprint density at radius 1 is 0.925 bits per heavy atom. The second-order valence-corrected chi connectivity index (χ2v) is 12.6. The third-order valence-electron chi connectivity index (χ3n) is 5.94. The number of carbonyl (C=O) groups excluding carboxylic acids is 2. The Kier molecular flexibility index (Phi) is 10.8. The molecule has 0 fully saturated rings. The average molecular weight is 629 g/mol. The van der Waals surface area contributed by atoms with Gasteiger partial charge in [0.05, 0.1) is 27.0 Å². The number of amides is 2. The van der Waals surface area contributed by atoms with Gasteiger partial charge in [-0.15, -0.1) is 0 Å². The maximum absolute atomic E-state index is 14.8. The average Bonchev–Trinajstić information content (AvgIpc) is 2.87. The highest BCUT2D eigenvalue weighted by Crippen LogP contribution is 2.35. The molecule has 0 saturated carbocycles. The summed E-state index contributed by atoms with van der Waals surface area (Å²) < 4.78 is 41.3. The molecule has 0 aliphatic carbocycles. The molecule has 0 heterocycles. The molecule has 0 aliphatic heterocycles. The van der Waals surface area contributed by atoms with Gasteiger partial charge in [0.25, 0.3) is 0 Å². The van der Waals surface area contributed by atoms with Crippen molar-refractivity contribution in [2.24, 2.45) is 0 Å². The first-order valence-electron chi connectivity index (χ1n) is 12.3. The lowest BCUT2D eigenvalue weighted by atomic mass is 10.0. The summed E-state index contributed by atoms with van der Waals surface area (Å²) in [6.45, 7) is 2.53. The van der Waals surface area contributed by atoms with Gasteiger partial charge in [0, 0.05) is 24.6 Å². The quantitative estimate of drug-likeness (QED) is 0.276. The number of carbonyl (C=O) groups is 2. The van der Waals surface area contributed by atoms with E-state index in [0.717, 1.165) is 16.1 Å². The molecular weight excluding hydrogens is 600 g/mol. The van der Waals surface area contributed by atoms with Crippen LogP contribution < -0.4 is 9.62 Å². The molecule has 2 amide bonds. The van der Waals surface area contributed by atoms with Crippen molar-refractivity contribution in [3.05, 3.63) is 98.7 Å². The SMILES string of the molecule is CC(C)NC(=O)[C@H](Cc1ccccc1)N(Cc1ccccc1F)C(=O)CN(c1cc(Cl)c(Cl)cc1Cl)S(C)(=O)=O. The van der Waals surface area contributed by atoms with Crippen LogP contribution in [0.5, 0.6) is 0 Å². The summed E-state index contributed by atoms with van der Waals surface area (Å²) in [5.41, 5.74) is 0.846. The summed E-state index contributed by atoms with van der Waals surface area (Å²) in [5, 5.41) is 2.91. The van der Waals surface area contributed by atoms with Crippen molar-refractivity contribution in [1.82, 2.24) is 10.2 Å². The Hall–Kier alpha value is -2.85. The van der Waals surface area contributed by atoms with Crippen LogP contribution in [0.3, 0.4) is 0 Å². The number of anilines is 1. The van der Waals surface area contributed by atoms with Crippen molar-refractivity contribution in [1.29, 1.82) is 0 Å². The fourth-order valence-electron chi connectivity index (χ4n) is 4.04. The summed E-state index contributed by atoms with van der Waals surface area (Å²) in [6.07, 6.45) is 1.01. The van der Waals surface area contributed by atoms with E-state index in [0.29, 0.717) is 0 Å². The summed E-state index contributed by atoms with van der Waals surface area (Å²) in [7, 11) is -4.08. The molecular formula is C28H29Cl3FN3O4S. The minimum atomic E-state index is -4.08. The van der Waals surface area contributed by atoms with Crippen molar-refractivity contribution in [3.8, 4) is 0 Å². The van der Waals surface area contributed by atoms with Gasteiger partial charge in [-0.3, -0.25) is 13.9 Å². The van der Waals surface area contributed by atoms with Crippen LogP contribution in [0.1, 0.15) is 25.0 Å². The molecule has 1 N–H and O–H groups in total. The number of hydrogen-bond donors (Lipinski definition) is 1. The Bertz CT molecular complexity index is 1470. The standard InChI is InChI=1S/C28H29Cl3FN3O4S/c1-18(2)33-28(37)26(13-19-9-5-4-6-10-19)34(16-20-11-7-8-12-24(20)32)27(36)17-35(40(3,38)39)25-15-22(30)21(29)14-23(25)31/h4-12,14-15,18,26H,13,16-17H2,1-3H3,(H,33,37)/t26-/m0/s1. The van der Waals surface area contributed by atoms with Crippen molar-refractivity contribution in [2.45, 2.75) is 38.9 Å². The molecule has 0 spiro atoms. The fraction of sp³-hybridized carbons (Fsp3) is 0.286. The molecule has 0 saturated heterocycles. The zero-order chi connectivity index (χ0) is 29.6. The summed E-state index contributed by atoms with van der Waals surface area (Å²) >= 11 is 18.5. The van der Waals surface area contributed by atoms with Crippen LogP contribution in [0.15, 0.2) is 66.7 Å². The normalized spacial score (nSPS) is 12.2. The molecule has 3 aromatic rings. The fourth-order valence-corrected chi connectivity index (χ4v) is 5.59. The smallest absolute Gasteiger partial charge is 0.244 e. The first-order chi connectivity index (χ1) is 18.8. The summed E-state index contributed by atoms with van der Waals surface area (Å²) in [5.74, 6) is -1.80. The minimum Gasteiger partial charge on any atom is -0.352 e. The molecule has 0 bridgehead atoms. The third kappa shape index (κ3) is 8.33. The number of nitrogens with one attached hydrogen (secondary N) is 1. The molecule has 3 rings (SSSR count). The highest BCUT2D eigenvalue weighted by molar-refractivity contribution is 7.92. The minimum absolute atomic E-state index is 0.0312. The van der Waals surface area contributed by atoms with E-state index in [1.807, 2.05) is 6.07 Å².